The number of hydrogen-bond donors (Lipinski definition) is 1. The molecule has 0 spiro atoms. The second-order valence-electron chi connectivity index (χ2n) is 7.21. The van der Waals surface area contributed by atoms with Crippen molar-refractivity contribution >= 4 is 9.84 Å². The second-order valence-corrected chi connectivity index (χ2v) is 9.47. The predicted molar refractivity (Wildman–Crippen MR) is 82.1 cm³/mol. The Morgan fingerprint density at radius 1 is 1.11 bits per heavy atom. The van der Waals surface area contributed by atoms with Crippen molar-refractivity contribution in [2.75, 3.05) is 18.6 Å². The Balaban J connectivity index is 2.39. The Kier molecular flexibility index (Phi) is 6.31. The zero-order chi connectivity index (χ0) is 14.5. The van der Waals surface area contributed by atoms with Crippen LogP contribution in [0.2, 0.25) is 0 Å². The van der Waals surface area contributed by atoms with E-state index in [0.717, 1.165) is 25.3 Å². The Labute approximate surface area is 119 Å². The molecule has 4 heteroatoms. The number of hydrogen-bond acceptors (Lipinski definition) is 3. The maximum Gasteiger partial charge on any atom is 0.147 e. The molecule has 114 valence electrons. The number of rotatable bonds is 6. The number of nitrogens with one attached hydrogen (secondary N) is 1. The standard InChI is InChI=1S/C15H31NO2S/c1-15(2,3)16-12-14-9-6-5-8-13(14)10-7-11-19(4,17)18/h13-14,16H,5-12H2,1-4H3. The van der Waals surface area contributed by atoms with Crippen molar-refractivity contribution in [3.63, 3.8) is 0 Å². The van der Waals surface area contributed by atoms with Crippen LogP contribution in [0, 0.1) is 11.8 Å². The van der Waals surface area contributed by atoms with Crippen LogP contribution in [0.1, 0.15) is 59.3 Å². The first-order valence-electron chi connectivity index (χ1n) is 7.60. The third-order valence-electron chi connectivity index (χ3n) is 4.05. The van der Waals surface area contributed by atoms with E-state index in [1.165, 1.54) is 31.9 Å². The summed E-state index contributed by atoms with van der Waals surface area (Å²) < 4.78 is 22.4. The van der Waals surface area contributed by atoms with Gasteiger partial charge in [0.1, 0.15) is 9.84 Å². The zero-order valence-electron chi connectivity index (χ0n) is 13.0. The van der Waals surface area contributed by atoms with Gasteiger partial charge in [0.15, 0.2) is 0 Å². The van der Waals surface area contributed by atoms with Crippen LogP contribution in [0.5, 0.6) is 0 Å². The van der Waals surface area contributed by atoms with Crippen molar-refractivity contribution in [1.82, 2.24) is 5.32 Å². The Morgan fingerprint density at radius 2 is 1.68 bits per heavy atom. The van der Waals surface area contributed by atoms with Crippen LogP contribution in [-0.2, 0) is 9.84 Å². The summed E-state index contributed by atoms with van der Waals surface area (Å²) in [5.74, 6) is 1.79. The van der Waals surface area contributed by atoms with Crippen molar-refractivity contribution in [2.24, 2.45) is 11.8 Å². The molecule has 0 saturated heterocycles. The van der Waals surface area contributed by atoms with Gasteiger partial charge in [0.2, 0.25) is 0 Å². The van der Waals surface area contributed by atoms with Crippen LogP contribution in [0.4, 0.5) is 0 Å². The molecule has 0 aromatic heterocycles. The van der Waals surface area contributed by atoms with E-state index in [-0.39, 0.29) is 5.54 Å². The summed E-state index contributed by atoms with van der Waals surface area (Å²) in [6, 6.07) is 0. The molecule has 1 N–H and O–H groups in total. The number of sulfone groups is 1. The van der Waals surface area contributed by atoms with Crippen molar-refractivity contribution < 1.29 is 8.42 Å². The fraction of sp³-hybridized carbons (Fsp3) is 1.00. The minimum atomic E-state index is -2.79. The maximum atomic E-state index is 11.2. The van der Waals surface area contributed by atoms with Crippen LogP contribution in [0.15, 0.2) is 0 Å². The van der Waals surface area contributed by atoms with Gasteiger partial charge in [-0.25, -0.2) is 8.42 Å². The molecular formula is C15H31NO2S. The van der Waals surface area contributed by atoms with Gasteiger partial charge in [-0.3, -0.25) is 0 Å². The van der Waals surface area contributed by atoms with Crippen molar-refractivity contribution in [1.29, 1.82) is 0 Å². The average molecular weight is 289 g/mol. The van der Waals surface area contributed by atoms with Crippen LogP contribution >= 0.6 is 0 Å². The highest BCUT2D eigenvalue weighted by molar-refractivity contribution is 7.90. The molecule has 0 radical (unpaired) electrons. The van der Waals surface area contributed by atoms with E-state index in [4.69, 9.17) is 0 Å². The van der Waals surface area contributed by atoms with Gasteiger partial charge < -0.3 is 5.32 Å². The Hall–Kier alpha value is -0.0900. The molecule has 2 unspecified atom stereocenters. The molecular weight excluding hydrogens is 258 g/mol. The van der Waals surface area contributed by atoms with Gasteiger partial charge in [-0.1, -0.05) is 19.3 Å². The normalized spacial score (nSPS) is 25.5. The lowest BCUT2D eigenvalue weighted by molar-refractivity contribution is 0.203. The lowest BCUT2D eigenvalue weighted by Gasteiger charge is -2.34. The van der Waals surface area contributed by atoms with Crippen LogP contribution in [0.3, 0.4) is 0 Å². The van der Waals surface area contributed by atoms with E-state index in [1.54, 1.807) is 0 Å². The molecule has 1 aliphatic carbocycles. The molecule has 1 aliphatic rings. The third-order valence-corrected chi connectivity index (χ3v) is 5.08. The zero-order valence-corrected chi connectivity index (χ0v) is 13.9. The molecule has 0 amide bonds. The molecule has 2 atom stereocenters. The predicted octanol–water partition coefficient (Wildman–Crippen LogP) is 3.01. The fourth-order valence-electron chi connectivity index (χ4n) is 2.98. The minimum Gasteiger partial charge on any atom is -0.312 e. The SMILES string of the molecule is CC(C)(C)NCC1CCCCC1CCCS(C)(=O)=O. The first-order valence-corrected chi connectivity index (χ1v) is 9.66. The van der Waals surface area contributed by atoms with Gasteiger partial charge in [0.05, 0.1) is 0 Å². The summed E-state index contributed by atoms with van der Waals surface area (Å²) in [4.78, 5) is 0. The molecule has 19 heavy (non-hydrogen) atoms. The average Bonchev–Trinajstić information content (AvgIpc) is 2.25. The van der Waals surface area contributed by atoms with E-state index in [2.05, 4.69) is 26.1 Å². The van der Waals surface area contributed by atoms with Gasteiger partial charge in [0.25, 0.3) is 0 Å². The van der Waals surface area contributed by atoms with Crippen LogP contribution < -0.4 is 5.32 Å². The second kappa shape index (κ2) is 7.07. The topological polar surface area (TPSA) is 46.2 Å². The summed E-state index contributed by atoms with van der Waals surface area (Å²) in [7, 11) is -2.79. The largest absolute Gasteiger partial charge is 0.312 e. The van der Waals surface area contributed by atoms with E-state index >= 15 is 0 Å². The molecule has 1 rings (SSSR count). The van der Waals surface area contributed by atoms with Crippen LogP contribution in [0.25, 0.3) is 0 Å². The van der Waals surface area contributed by atoms with E-state index in [9.17, 15) is 8.42 Å². The van der Waals surface area contributed by atoms with Gasteiger partial charge >= 0.3 is 0 Å². The molecule has 0 aromatic carbocycles. The first-order chi connectivity index (χ1) is 8.67. The van der Waals surface area contributed by atoms with Crippen LogP contribution in [-0.4, -0.2) is 32.5 Å². The molecule has 0 heterocycles. The summed E-state index contributed by atoms with van der Waals surface area (Å²) in [5.41, 5.74) is 0.175. The first kappa shape index (κ1) is 17.0. The summed E-state index contributed by atoms with van der Waals surface area (Å²) >= 11 is 0. The third kappa shape index (κ3) is 7.93. The van der Waals surface area contributed by atoms with Gasteiger partial charge in [-0.2, -0.15) is 0 Å². The molecule has 1 fully saturated rings. The molecule has 1 saturated carbocycles. The molecule has 3 nitrogen and oxygen atoms in total. The molecule has 0 bridgehead atoms. The van der Waals surface area contributed by atoms with Crippen molar-refractivity contribution in [3.05, 3.63) is 0 Å². The Bertz CT molecular complexity index is 357. The summed E-state index contributed by atoms with van der Waals surface area (Å²) in [6.45, 7) is 7.69. The summed E-state index contributed by atoms with van der Waals surface area (Å²) in [6.07, 6.45) is 8.47. The molecule has 0 aromatic rings. The van der Waals surface area contributed by atoms with Crippen molar-refractivity contribution in [2.45, 2.75) is 64.8 Å². The molecule has 0 aliphatic heterocycles. The maximum absolute atomic E-state index is 11.2. The smallest absolute Gasteiger partial charge is 0.147 e. The monoisotopic (exact) mass is 289 g/mol. The lowest BCUT2D eigenvalue weighted by atomic mass is 9.76. The Morgan fingerprint density at radius 3 is 2.21 bits per heavy atom. The van der Waals surface area contributed by atoms with Gasteiger partial charge in [-0.15, -0.1) is 0 Å². The minimum absolute atomic E-state index is 0.175. The fourth-order valence-corrected chi connectivity index (χ4v) is 3.67. The van der Waals surface area contributed by atoms with E-state index < -0.39 is 9.84 Å². The van der Waals surface area contributed by atoms with E-state index in [1.807, 2.05) is 0 Å². The van der Waals surface area contributed by atoms with Crippen molar-refractivity contribution in [3.8, 4) is 0 Å². The quantitative estimate of drug-likeness (QED) is 0.817. The van der Waals surface area contributed by atoms with Gasteiger partial charge in [0, 0.05) is 17.5 Å². The highest BCUT2D eigenvalue weighted by Crippen LogP contribution is 2.33. The van der Waals surface area contributed by atoms with Gasteiger partial charge in [-0.05, 0) is 58.4 Å². The van der Waals surface area contributed by atoms with E-state index in [0.29, 0.717) is 11.7 Å². The summed E-state index contributed by atoms with van der Waals surface area (Å²) in [5, 5.41) is 3.61. The highest BCUT2D eigenvalue weighted by Gasteiger charge is 2.26. The highest BCUT2D eigenvalue weighted by atomic mass is 32.2. The lowest BCUT2D eigenvalue weighted by Crippen LogP contribution is -2.41.